The molecule has 0 bridgehead atoms. The third-order valence-electron chi connectivity index (χ3n) is 3.63. The van der Waals surface area contributed by atoms with Gasteiger partial charge in [-0.25, -0.2) is 0 Å². The van der Waals surface area contributed by atoms with E-state index in [0.717, 1.165) is 27.7 Å². The molecule has 1 aliphatic rings. The Morgan fingerprint density at radius 3 is 2.73 bits per heavy atom. The van der Waals surface area contributed by atoms with E-state index in [-0.39, 0.29) is 19.2 Å². The lowest BCUT2D eigenvalue weighted by Gasteiger charge is -2.04. The van der Waals surface area contributed by atoms with Crippen LogP contribution in [-0.2, 0) is 13.1 Å². The molecule has 0 aliphatic carbocycles. The van der Waals surface area contributed by atoms with Gasteiger partial charge in [0.15, 0.2) is 11.5 Å². The van der Waals surface area contributed by atoms with Gasteiger partial charge in [-0.05, 0) is 29.8 Å². The smallest absolute Gasteiger partial charge is 0.280 e. The van der Waals surface area contributed by atoms with Crippen LogP contribution in [-0.4, -0.2) is 11.8 Å². The van der Waals surface area contributed by atoms with E-state index < -0.39 is 0 Å². The highest BCUT2D eigenvalue weighted by Crippen LogP contribution is 2.33. The lowest BCUT2D eigenvalue weighted by Crippen LogP contribution is -2.11. The third-order valence-corrected chi connectivity index (χ3v) is 4.99. The predicted molar refractivity (Wildman–Crippen MR) is 104 cm³/mol. The van der Waals surface area contributed by atoms with Crippen LogP contribution in [0.3, 0.4) is 0 Å². The molecule has 0 saturated carbocycles. The highest BCUT2D eigenvalue weighted by Gasteiger charge is 2.14. The predicted octanol–water partition coefficient (Wildman–Crippen LogP) is 5.03. The molecule has 0 amide bonds. The van der Waals surface area contributed by atoms with Crippen LogP contribution < -0.4 is 19.5 Å². The second-order valence-corrected chi connectivity index (χ2v) is 6.80. The molecular formula is C18H16Cl2N2O3S. The van der Waals surface area contributed by atoms with E-state index in [9.17, 15) is 0 Å². The average Bonchev–Trinajstić information content (AvgIpc) is 3.22. The fraction of sp³-hybridized carbons (Fsp3) is 0.167. The number of nitrogens with one attached hydrogen (secondary N) is 1. The standard InChI is InChI=1S/C18H15ClN2O3S.ClH/c19-17-16(25-18(21-17)24-13-4-2-1-3-5-13)10-20-9-12-6-7-14-15(8-12)23-11-22-14;/h1-8,20H,9-11H2;1H. The molecule has 5 nitrogen and oxygen atoms in total. The second kappa shape index (κ2) is 8.60. The van der Waals surface area contributed by atoms with Crippen LogP contribution in [0.1, 0.15) is 10.4 Å². The first-order valence-electron chi connectivity index (χ1n) is 7.75. The minimum absolute atomic E-state index is 0. The molecule has 0 radical (unpaired) electrons. The Balaban J connectivity index is 0.00000196. The van der Waals surface area contributed by atoms with Gasteiger partial charge >= 0.3 is 0 Å². The Morgan fingerprint density at radius 2 is 1.88 bits per heavy atom. The SMILES string of the molecule is Cl.Clc1nc(Oc2ccccc2)sc1CNCc1ccc2c(c1)OCO2. The van der Waals surface area contributed by atoms with Crippen molar-refractivity contribution in [3.05, 3.63) is 64.1 Å². The van der Waals surface area contributed by atoms with Crippen molar-refractivity contribution in [2.75, 3.05) is 6.79 Å². The van der Waals surface area contributed by atoms with Gasteiger partial charge in [-0.1, -0.05) is 47.2 Å². The number of thiazole rings is 1. The monoisotopic (exact) mass is 410 g/mol. The van der Waals surface area contributed by atoms with Crippen LogP contribution in [0.4, 0.5) is 0 Å². The molecule has 26 heavy (non-hydrogen) atoms. The molecular weight excluding hydrogens is 395 g/mol. The molecule has 136 valence electrons. The van der Waals surface area contributed by atoms with Gasteiger partial charge in [-0.3, -0.25) is 0 Å². The van der Waals surface area contributed by atoms with Gasteiger partial charge in [0.05, 0.1) is 4.88 Å². The van der Waals surface area contributed by atoms with Gasteiger partial charge in [0.1, 0.15) is 10.9 Å². The topological polar surface area (TPSA) is 52.6 Å². The fourth-order valence-electron chi connectivity index (χ4n) is 2.43. The number of hydrogen-bond donors (Lipinski definition) is 1. The lowest BCUT2D eigenvalue weighted by molar-refractivity contribution is 0.174. The molecule has 0 saturated heterocycles. The van der Waals surface area contributed by atoms with E-state index in [2.05, 4.69) is 10.3 Å². The molecule has 1 N–H and O–H groups in total. The van der Waals surface area contributed by atoms with Crippen molar-refractivity contribution < 1.29 is 14.2 Å². The zero-order valence-corrected chi connectivity index (χ0v) is 16.0. The van der Waals surface area contributed by atoms with E-state index in [1.165, 1.54) is 11.3 Å². The zero-order valence-electron chi connectivity index (χ0n) is 13.6. The summed E-state index contributed by atoms with van der Waals surface area (Å²) in [5.41, 5.74) is 1.12. The normalized spacial score (nSPS) is 11.9. The van der Waals surface area contributed by atoms with Gasteiger partial charge < -0.3 is 19.5 Å². The number of halogens is 2. The number of fused-ring (bicyclic) bond motifs is 1. The Bertz CT molecular complexity index is 874. The Hall–Kier alpha value is -1.99. The van der Waals surface area contributed by atoms with Crippen molar-refractivity contribution in [1.82, 2.24) is 10.3 Å². The molecule has 0 spiro atoms. The van der Waals surface area contributed by atoms with Crippen LogP contribution in [0.5, 0.6) is 22.4 Å². The first-order valence-corrected chi connectivity index (χ1v) is 8.95. The molecule has 0 fully saturated rings. The summed E-state index contributed by atoms with van der Waals surface area (Å²) in [6.07, 6.45) is 0. The van der Waals surface area contributed by atoms with Gasteiger partial charge in [0.25, 0.3) is 5.19 Å². The van der Waals surface area contributed by atoms with Crippen LogP contribution in [0.25, 0.3) is 0 Å². The van der Waals surface area contributed by atoms with E-state index in [4.69, 9.17) is 25.8 Å². The number of para-hydroxylation sites is 1. The van der Waals surface area contributed by atoms with Gasteiger partial charge in [0.2, 0.25) is 6.79 Å². The molecule has 0 atom stereocenters. The highest BCUT2D eigenvalue weighted by atomic mass is 35.5. The van der Waals surface area contributed by atoms with Crippen LogP contribution in [0, 0.1) is 0 Å². The molecule has 8 heteroatoms. The quantitative estimate of drug-likeness (QED) is 0.617. The van der Waals surface area contributed by atoms with Crippen molar-refractivity contribution in [2.45, 2.75) is 13.1 Å². The van der Waals surface area contributed by atoms with Crippen LogP contribution in [0.15, 0.2) is 48.5 Å². The number of benzene rings is 2. The highest BCUT2D eigenvalue weighted by molar-refractivity contribution is 7.14. The Labute approximate surface area is 166 Å². The minimum atomic E-state index is 0. The molecule has 2 heterocycles. The van der Waals surface area contributed by atoms with Crippen molar-refractivity contribution >= 4 is 35.3 Å². The van der Waals surface area contributed by atoms with Crippen LogP contribution >= 0.6 is 35.3 Å². The minimum Gasteiger partial charge on any atom is -0.454 e. The first kappa shape index (κ1) is 18.8. The largest absolute Gasteiger partial charge is 0.454 e. The second-order valence-electron chi connectivity index (χ2n) is 5.40. The Kier molecular flexibility index (Phi) is 6.21. The van der Waals surface area contributed by atoms with E-state index in [1.54, 1.807) is 0 Å². The molecule has 2 aromatic carbocycles. The summed E-state index contributed by atoms with van der Waals surface area (Å²) >= 11 is 7.65. The number of aromatic nitrogens is 1. The molecule has 1 aromatic heterocycles. The maximum absolute atomic E-state index is 6.21. The van der Waals surface area contributed by atoms with Gasteiger partial charge in [-0.2, -0.15) is 4.98 Å². The summed E-state index contributed by atoms with van der Waals surface area (Å²) in [4.78, 5) is 5.20. The van der Waals surface area contributed by atoms with Crippen LogP contribution in [0.2, 0.25) is 5.15 Å². The van der Waals surface area contributed by atoms with Crippen molar-refractivity contribution in [3.8, 4) is 22.4 Å². The number of nitrogens with zero attached hydrogens (tertiary/aromatic N) is 1. The summed E-state index contributed by atoms with van der Waals surface area (Å²) in [5, 5.41) is 4.37. The van der Waals surface area contributed by atoms with E-state index in [0.29, 0.717) is 23.4 Å². The van der Waals surface area contributed by atoms with E-state index in [1.807, 2.05) is 48.5 Å². The zero-order chi connectivity index (χ0) is 17.1. The third kappa shape index (κ3) is 4.40. The van der Waals surface area contributed by atoms with Crippen molar-refractivity contribution in [1.29, 1.82) is 0 Å². The summed E-state index contributed by atoms with van der Waals surface area (Å²) in [6.45, 7) is 1.59. The number of rotatable bonds is 6. The summed E-state index contributed by atoms with van der Waals surface area (Å²) in [7, 11) is 0. The average molecular weight is 411 g/mol. The Morgan fingerprint density at radius 1 is 1.08 bits per heavy atom. The summed E-state index contributed by atoms with van der Waals surface area (Å²) < 4.78 is 16.4. The van der Waals surface area contributed by atoms with E-state index >= 15 is 0 Å². The van der Waals surface area contributed by atoms with Crippen molar-refractivity contribution in [3.63, 3.8) is 0 Å². The molecule has 4 rings (SSSR count). The summed E-state index contributed by atoms with van der Waals surface area (Å²) in [6, 6.07) is 15.4. The maximum atomic E-state index is 6.21. The lowest BCUT2D eigenvalue weighted by atomic mass is 10.2. The molecule has 3 aromatic rings. The fourth-order valence-corrected chi connectivity index (χ4v) is 3.53. The molecule has 0 unspecified atom stereocenters. The van der Waals surface area contributed by atoms with Gasteiger partial charge in [-0.15, -0.1) is 12.4 Å². The summed E-state index contributed by atoms with van der Waals surface area (Å²) in [5.74, 6) is 2.32. The number of hydrogen-bond acceptors (Lipinski definition) is 6. The van der Waals surface area contributed by atoms with Crippen molar-refractivity contribution in [2.24, 2.45) is 0 Å². The number of ether oxygens (including phenoxy) is 3. The van der Waals surface area contributed by atoms with Gasteiger partial charge in [0, 0.05) is 13.1 Å². The molecule has 1 aliphatic heterocycles. The maximum Gasteiger partial charge on any atom is 0.280 e. The first-order chi connectivity index (χ1) is 12.3.